The van der Waals surface area contributed by atoms with Crippen LogP contribution in [-0.2, 0) is 10.0 Å². The fourth-order valence-electron chi connectivity index (χ4n) is 3.86. The summed E-state index contributed by atoms with van der Waals surface area (Å²) in [6, 6.07) is 6.68. The summed E-state index contributed by atoms with van der Waals surface area (Å²) in [5, 5.41) is 2.85. The third-order valence-corrected chi connectivity index (χ3v) is 7.64. The monoisotopic (exact) mass is 415 g/mol. The van der Waals surface area contributed by atoms with E-state index in [9.17, 15) is 13.2 Å². The van der Waals surface area contributed by atoms with Gasteiger partial charge in [0.1, 0.15) is 0 Å². The molecule has 29 heavy (non-hydrogen) atoms. The fraction of sp³-hybridized carbons (Fsp3) is 0.409. The third-order valence-electron chi connectivity index (χ3n) is 6.01. The minimum Gasteiger partial charge on any atom is -0.325 e. The van der Waals surface area contributed by atoms with Gasteiger partial charge in [0, 0.05) is 13.1 Å². The van der Waals surface area contributed by atoms with Crippen LogP contribution in [0, 0.1) is 34.6 Å². The molecule has 0 atom stereocenters. The first-order chi connectivity index (χ1) is 13.6. The van der Waals surface area contributed by atoms with Gasteiger partial charge in [-0.25, -0.2) is 13.2 Å². The Kier molecular flexibility index (Phi) is 5.89. The van der Waals surface area contributed by atoms with Crippen LogP contribution < -0.4 is 10.0 Å². The molecule has 7 heteroatoms. The predicted octanol–water partition coefficient (Wildman–Crippen LogP) is 4.66. The second-order valence-corrected chi connectivity index (χ2v) is 9.35. The van der Waals surface area contributed by atoms with Crippen LogP contribution in [0.25, 0.3) is 0 Å². The van der Waals surface area contributed by atoms with Crippen LogP contribution in [0.1, 0.15) is 40.7 Å². The van der Waals surface area contributed by atoms with E-state index in [2.05, 4.69) is 10.0 Å². The summed E-state index contributed by atoms with van der Waals surface area (Å²) in [6.07, 6.45) is 1.98. The summed E-state index contributed by atoms with van der Waals surface area (Å²) >= 11 is 0. The number of likely N-dealkylation sites (tertiary alicyclic amines) is 1. The minimum atomic E-state index is -3.83. The van der Waals surface area contributed by atoms with Crippen LogP contribution in [0.3, 0.4) is 0 Å². The van der Waals surface area contributed by atoms with Gasteiger partial charge in [-0.05, 0) is 87.4 Å². The molecule has 6 nitrogen and oxygen atoms in total. The molecule has 3 rings (SSSR count). The molecule has 0 aromatic heterocycles. The minimum absolute atomic E-state index is 0.205. The largest absolute Gasteiger partial charge is 0.325 e. The molecular weight excluding hydrogens is 386 g/mol. The van der Waals surface area contributed by atoms with Crippen molar-refractivity contribution in [1.29, 1.82) is 0 Å². The van der Waals surface area contributed by atoms with Crippen molar-refractivity contribution < 1.29 is 13.2 Å². The predicted molar refractivity (Wildman–Crippen MR) is 117 cm³/mol. The van der Waals surface area contributed by atoms with E-state index in [0.29, 0.717) is 16.3 Å². The maximum Gasteiger partial charge on any atom is 0.321 e. The van der Waals surface area contributed by atoms with Gasteiger partial charge in [-0.15, -0.1) is 0 Å². The molecule has 0 unspecified atom stereocenters. The maximum absolute atomic E-state index is 13.3. The molecule has 1 fully saturated rings. The quantitative estimate of drug-likeness (QED) is 0.762. The molecule has 1 heterocycles. The van der Waals surface area contributed by atoms with Crippen LogP contribution in [0.15, 0.2) is 29.2 Å². The van der Waals surface area contributed by atoms with E-state index in [0.717, 1.165) is 53.7 Å². The zero-order chi connectivity index (χ0) is 21.3. The normalized spacial score (nSPS) is 14.2. The van der Waals surface area contributed by atoms with Crippen molar-refractivity contribution >= 4 is 27.4 Å². The lowest BCUT2D eigenvalue weighted by molar-refractivity contribution is 0.222. The van der Waals surface area contributed by atoms with Gasteiger partial charge in [-0.3, -0.25) is 4.72 Å². The molecule has 0 bridgehead atoms. The van der Waals surface area contributed by atoms with Crippen molar-refractivity contribution in [2.24, 2.45) is 0 Å². The van der Waals surface area contributed by atoms with E-state index < -0.39 is 10.0 Å². The first-order valence-corrected chi connectivity index (χ1v) is 11.4. The zero-order valence-corrected chi connectivity index (χ0v) is 18.5. The summed E-state index contributed by atoms with van der Waals surface area (Å²) in [6.45, 7) is 11.0. The number of para-hydroxylation sites is 2. The van der Waals surface area contributed by atoms with Gasteiger partial charge in [0.15, 0.2) is 0 Å². The highest BCUT2D eigenvalue weighted by molar-refractivity contribution is 7.92. The van der Waals surface area contributed by atoms with Gasteiger partial charge in [-0.1, -0.05) is 12.1 Å². The van der Waals surface area contributed by atoms with E-state index in [-0.39, 0.29) is 6.03 Å². The van der Waals surface area contributed by atoms with E-state index in [4.69, 9.17) is 0 Å². The smallest absolute Gasteiger partial charge is 0.321 e. The number of nitrogens with zero attached hydrogens (tertiary/aromatic N) is 1. The molecule has 0 radical (unpaired) electrons. The van der Waals surface area contributed by atoms with Crippen molar-refractivity contribution in [3.63, 3.8) is 0 Å². The Balaban J connectivity index is 1.96. The number of amides is 2. The van der Waals surface area contributed by atoms with Gasteiger partial charge in [-0.2, -0.15) is 0 Å². The van der Waals surface area contributed by atoms with Gasteiger partial charge in [0.05, 0.1) is 16.3 Å². The van der Waals surface area contributed by atoms with Crippen LogP contribution in [0.4, 0.5) is 16.2 Å². The molecule has 1 saturated heterocycles. The lowest BCUT2D eigenvalue weighted by Crippen LogP contribution is -2.32. The van der Waals surface area contributed by atoms with Crippen LogP contribution in [-0.4, -0.2) is 32.4 Å². The molecular formula is C22H29N3O3S. The highest BCUT2D eigenvalue weighted by Crippen LogP contribution is 2.32. The zero-order valence-electron chi connectivity index (χ0n) is 17.7. The Labute approximate surface area is 173 Å². The van der Waals surface area contributed by atoms with Crippen LogP contribution in [0.2, 0.25) is 0 Å². The Morgan fingerprint density at radius 3 is 1.86 bits per heavy atom. The number of hydrogen-bond acceptors (Lipinski definition) is 3. The Morgan fingerprint density at radius 1 is 0.828 bits per heavy atom. The molecule has 1 aliphatic rings. The van der Waals surface area contributed by atoms with Gasteiger partial charge in [0.2, 0.25) is 0 Å². The fourth-order valence-corrected chi connectivity index (χ4v) is 5.54. The van der Waals surface area contributed by atoms with Crippen LogP contribution >= 0.6 is 0 Å². The molecule has 0 spiro atoms. The van der Waals surface area contributed by atoms with Gasteiger partial charge in [0.25, 0.3) is 10.0 Å². The van der Waals surface area contributed by atoms with E-state index in [1.165, 1.54) is 0 Å². The molecule has 2 aromatic rings. The molecule has 156 valence electrons. The molecule has 2 amide bonds. The number of hydrogen-bond donors (Lipinski definition) is 2. The van der Waals surface area contributed by atoms with Gasteiger partial charge < -0.3 is 10.2 Å². The van der Waals surface area contributed by atoms with Crippen molar-refractivity contribution in [1.82, 2.24) is 4.90 Å². The Bertz CT molecular complexity index is 1030. The Morgan fingerprint density at radius 2 is 1.31 bits per heavy atom. The van der Waals surface area contributed by atoms with Crippen molar-refractivity contribution in [2.45, 2.75) is 52.4 Å². The van der Waals surface area contributed by atoms with Crippen LogP contribution in [0.5, 0.6) is 0 Å². The SMILES string of the molecule is Cc1c(C)c(C)c(S(=O)(=O)Nc2ccccc2NC(=O)N2CCCC2)c(C)c1C. The van der Waals surface area contributed by atoms with E-state index in [1.807, 2.05) is 34.6 Å². The number of carbonyl (C=O) groups is 1. The average molecular weight is 416 g/mol. The Hall–Kier alpha value is -2.54. The van der Waals surface area contributed by atoms with Crippen molar-refractivity contribution in [2.75, 3.05) is 23.1 Å². The van der Waals surface area contributed by atoms with Crippen molar-refractivity contribution in [3.05, 3.63) is 52.1 Å². The molecule has 2 N–H and O–H groups in total. The highest BCUT2D eigenvalue weighted by Gasteiger charge is 2.25. The van der Waals surface area contributed by atoms with E-state index in [1.54, 1.807) is 29.2 Å². The number of anilines is 2. The summed E-state index contributed by atoms with van der Waals surface area (Å²) in [7, 11) is -3.83. The number of rotatable bonds is 4. The number of nitrogens with one attached hydrogen (secondary N) is 2. The van der Waals surface area contributed by atoms with Crippen molar-refractivity contribution in [3.8, 4) is 0 Å². The summed E-state index contributed by atoms with van der Waals surface area (Å²) in [5.74, 6) is 0. The lowest BCUT2D eigenvalue weighted by Gasteiger charge is -2.21. The molecule has 2 aromatic carbocycles. The number of benzene rings is 2. The summed E-state index contributed by atoms with van der Waals surface area (Å²) in [4.78, 5) is 14.5. The second kappa shape index (κ2) is 8.06. The van der Waals surface area contributed by atoms with Gasteiger partial charge >= 0.3 is 6.03 Å². The first kappa shape index (κ1) is 21.2. The highest BCUT2D eigenvalue weighted by atomic mass is 32.2. The summed E-state index contributed by atoms with van der Waals surface area (Å²) in [5.41, 5.74) is 5.36. The number of urea groups is 1. The average Bonchev–Trinajstić information content (AvgIpc) is 3.21. The molecule has 1 aliphatic heterocycles. The second-order valence-electron chi connectivity index (χ2n) is 7.73. The molecule has 0 saturated carbocycles. The first-order valence-electron chi connectivity index (χ1n) is 9.88. The summed E-state index contributed by atoms with van der Waals surface area (Å²) < 4.78 is 29.3. The van der Waals surface area contributed by atoms with E-state index >= 15 is 0 Å². The third kappa shape index (κ3) is 4.10. The number of sulfonamides is 1. The topological polar surface area (TPSA) is 78.5 Å². The number of carbonyl (C=O) groups excluding carboxylic acids is 1. The maximum atomic E-state index is 13.3. The molecule has 0 aliphatic carbocycles. The lowest BCUT2D eigenvalue weighted by atomic mass is 9.95. The standard InChI is InChI=1S/C22H29N3O3S/c1-14-15(2)17(4)21(18(5)16(14)3)29(27,28)24-20-11-7-6-10-19(20)23-22(26)25-12-8-9-13-25/h6-7,10-11,24H,8-9,12-13H2,1-5H3,(H,23,26).